The number of ether oxygens (including phenoxy) is 3. The molecule has 1 aromatic heterocycles. The lowest BCUT2D eigenvalue weighted by Gasteiger charge is -2.38. The van der Waals surface area contributed by atoms with E-state index in [9.17, 15) is 14.7 Å². The molecule has 1 aliphatic rings. The van der Waals surface area contributed by atoms with Crippen molar-refractivity contribution in [3.63, 3.8) is 0 Å². The molecule has 8 nitrogen and oxygen atoms in total. The summed E-state index contributed by atoms with van der Waals surface area (Å²) in [6.45, 7) is 12.0. The number of nitrogens with zero attached hydrogens (tertiary/aromatic N) is 2. The van der Waals surface area contributed by atoms with E-state index in [0.29, 0.717) is 43.4 Å². The van der Waals surface area contributed by atoms with Gasteiger partial charge in [0.1, 0.15) is 17.0 Å². The standard InChI is InChI=1S/C30H44N2O6/c1-9-20(3)27(21-13-11-14-25(28(21)31-6)38-16-12-15-36-7)23-17-24(33)22(29(34)35)18-32(23)26(10-2)30(4,5)19-37-8/h11,13-14,17-18,20,26H,9-10,12,15-16,19H2,1-8H3,(H,34,35)/b27-21+,31-28?. The van der Waals surface area contributed by atoms with Crippen molar-refractivity contribution in [2.45, 2.75) is 59.9 Å². The first-order valence-corrected chi connectivity index (χ1v) is 13.3. The molecule has 210 valence electrons. The highest BCUT2D eigenvalue weighted by molar-refractivity contribution is 6.18. The fourth-order valence-electron chi connectivity index (χ4n) is 5.11. The lowest BCUT2D eigenvalue weighted by molar-refractivity contribution is 0.0602. The van der Waals surface area contributed by atoms with Crippen LogP contribution in [0.15, 0.2) is 51.6 Å². The summed E-state index contributed by atoms with van der Waals surface area (Å²) >= 11 is 0. The molecule has 1 heterocycles. The second-order valence-electron chi connectivity index (χ2n) is 10.3. The van der Waals surface area contributed by atoms with Gasteiger partial charge in [0.2, 0.25) is 0 Å². The minimum atomic E-state index is -1.24. The number of hydrogen-bond acceptors (Lipinski definition) is 6. The number of allylic oxidation sites excluding steroid dienone is 5. The Morgan fingerprint density at radius 1 is 1.16 bits per heavy atom. The predicted octanol–water partition coefficient (Wildman–Crippen LogP) is 5.55. The van der Waals surface area contributed by atoms with E-state index in [1.54, 1.807) is 21.3 Å². The minimum Gasteiger partial charge on any atom is -0.491 e. The molecular weight excluding hydrogens is 484 g/mol. The van der Waals surface area contributed by atoms with Gasteiger partial charge in [-0.25, -0.2) is 4.79 Å². The highest BCUT2D eigenvalue weighted by Crippen LogP contribution is 2.39. The number of hydrogen-bond donors (Lipinski definition) is 1. The summed E-state index contributed by atoms with van der Waals surface area (Å²) < 4.78 is 18.7. The Hall–Kier alpha value is -2.97. The zero-order valence-electron chi connectivity index (χ0n) is 24.2. The number of carbonyl (C=O) groups is 1. The summed E-state index contributed by atoms with van der Waals surface area (Å²) in [4.78, 5) is 29.7. The van der Waals surface area contributed by atoms with Crippen LogP contribution in [0.1, 0.15) is 76.0 Å². The molecule has 2 atom stereocenters. The van der Waals surface area contributed by atoms with Crippen molar-refractivity contribution >= 4 is 17.3 Å². The van der Waals surface area contributed by atoms with Crippen LogP contribution in [-0.4, -0.2) is 62.4 Å². The molecule has 0 fully saturated rings. The average Bonchev–Trinajstić information content (AvgIpc) is 2.87. The highest BCUT2D eigenvalue weighted by Gasteiger charge is 2.33. The van der Waals surface area contributed by atoms with Crippen molar-refractivity contribution < 1.29 is 24.1 Å². The van der Waals surface area contributed by atoms with Gasteiger partial charge < -0.3 is 23.9 Å². The molecule has 1 N–H and O–H groups in total. The SMILES string of the molecule is CCC(C)/C(=C1/C=CC=C(OCCCOC)C1=NC)c1cc(=O)c(C(=O)O)cn1C(CC)C(C)(C)COC. The molecule has 8 heteroatoms. The van der Waals surface area contributed by atoms with Gasteiger partial charge in [-0.15, -0.1) is 0 Å². The Bertz CT molecular complexity index is 1160. The second kappa shape index (κ2) is 14.3. The van der Waals surface area contributed by atoms with Gasteiger partial charge >= 0.3 is 5.97 Å². The average molecular weight is 529 g/mol. The third kappa shape index (κ3) is 7.11. The van der Waals surface area contributed by atoms with Crippen molar-refractivity contribution in [1.29, 1.82) is 0 Å². The fraction of sp³-hybridized carbons (Fsp3) is 0.567. The van der Waals surface area contributed by atoms with Gasteiger partial charge in [-0.1, -0.05) is 46.8 Å². The number of rotatable bonds is 14. The van der Waals surface area contributed by atoms with Gasteiger partial charge in [-0.05, 0) is 30.4 Å². The normalized spacial score (nSPS) is 17.8. The molecular formula is C30H44N2O6. The van der Waals surface area contributed by atoms with E-state index in [4.69, 9.17) is 14.2 Å². The summed E-state index contributed by atoms with van der Waals surface area (Å²) in [5, 5.41) is 9.81. The maximum atomic E-state index is 13.1. The van der Waals surface area contributed by atoms with Crippen LogP contribution in [0.3, 0.4) is 0 Å². The lowest BCUT2D eigenvalue weighted by atomic mass is 9.81. The van der Waals surface area contributed by atoms with Crippen molar-refractivity contribution in [3.05, 3.63) is 63.3 Å². The molecule has 0 radical (unpaired) electrons. The predicted molar refractivity (Wildman–Crippen MR) is 152 cm³/mol. The first kappa shape index (κ1) is 31.2. The Morgan fingerprint density at radius 3 is 2.42 bits per heavy atom. The van der Waals surface area contributed by atoms with E-state index in [-0.39, 0.29) is 22.9 Å². The smallest absolute Gasteiger partial charge is 0.341 e. The molecule has 0 saturated heterocycles. The molecule has 0 bridgehead atoms. The maximum absolute atomic E-state index is 13.1. The van der Waals surface area contributed by atoms with E-state index in [1.165, 1.54) is 12.3 Å². The third-order valence-corrected chi connectivity index (χ3v) is 7.10. The van der Waals surface area contributed by atoms with Crippen LogP contribution < -0.4 is 5.43 Å². The summed E-state index contributed by atoms with van der Waals surface area (Å²) in [5.74, 6) is -0.538. The monoisotopic (exact) mass is 528 g/mol. The zero-order valence-corrected chi connectivity index (χ0v) is 24.2. The molecule has 0 saturated carbocycles. The number of aromatic nitrogens is 1. The number of aliphatic imine (C=N–C) groups is 1. The van der Waals surface area contributed by atoms with Crippen LogP contribution in [0.2, 0.25) is 0 Å². The summed E-state index contributed by atoms with van der Waals surface area (Å²) in [6, 6.07) is 1.34. The minimum absolute atomic E-state index is 0.0450. The molecule has 0 amide bonds. The van der Waals surface area contributed by atoms with Gasteiger partial charge in [0, 0.05) is 69.3 Å². The van der Waals surface area contributed by atoms with Crippen LogP contribution in [0, 0.1) is 11.3 Å². The largest absolute Gasteiger partial charge is 0.491 e. The van der Waals surface area contributed by atoms with Crippen LogP contribution in [0.5, 0.6) is 0 Å². The quantitative estimate of drug-likeness (QED) is 0.318. The van der Waals surface area contributed by atoms with Gasteiger partial charge in [-0.2, -0.15) is 0 Å². The second-order valence-corrected chi connectivity index (χ2v) is 10.3. The van der Waals surface area contributed by atoms with E-state index in [1.807, 2.05) is 22.8 Å². The Kier molecular flexibility index (Phi) is 11.7. The Balaban J connectivity index is 2.87. The number of pyridine rings is 1. The van der Waals surface area contributed by atoms with Gasteiger partial charge in [0.05, 0.1) is 13.2 Å². The number of aromatic carboxylic acids is 1. The molecule has 38 heavy (non-hydrogen) atoms. The molecule has 2 unspecified atom stereocenters. The third-order valence-electron chi connectivity index (χ3n) is 7.10. The van der Waals surface area contributed by atoms with E-state index in [2.05, 4.69) is 39.6 Å². The van der Waals surface area contributed by atoms with Gasteiger partial charge in [0.15, 0.2) is 5.43 Å². The van der Waals surface area contributed by atoms with Crippen molar-refractivity contribution in [1.82, 2.24) is 4.57 Å². The van der Waals surface area contributed by atoms with E-state index < -0.39 is 11.4 Å². The number of carboxylic acid groups (broad SMARTS) is 1. The first-order chi connectivity index (χ1) is 18.1. The summed E-state index contributed by atoms with van der Waals surface area (Å²) in [5.41, 5.74) is 2.06. The van der Waals surface area contributed by atoms with Gasteiger partial charge in [0.25, 0.3) is 0 Å². The maximum Gasteiger partial charge on any atom is 0.341 e. The van der Waals surface area contributed by atoms with E-state index in [0.717, 1.165) is 24.0 Å². The van der Waals surface area contributed by atoms with E-state index >= 15 is 0 Å². The number of carboxylic acids is 1. The van der Waals surface area contributed by atoms with Crippen molar-refractivity contribution in [3.8, 4) is 0 Å². The molecule has 0 aromatic carbocycles. The van der Waals surface area contributed by atoms with Crippen molar-refractivity contribution in [2.75, 3.05) is 41.1 Å². The van der Waals surface area contributed by atoms with Crippen LogP contribution in [0.4, 0.5) is 0 Å². The molecule has 0 spiro atoms. The van der Waals surface area contributed by atoms with Crippen LogP contribution in [0.25, 0.3) is 5.57 Å². The van der Waals surface area contributed by atoms with Crippen molar-refractivity contribution in [2.24, 2.45) is 16.3 Å². The van der Waals surface area contributed by atoms with Gasteiger partial charge in [-0.3, -0.25) is 9.79 Å². The summed E-state index contributed by atoms with van der Waals surface area (Å²) in [6.07, 6.45) is 9.59. The fourth-order valence-corrected chi connectivity index (χ4v) is 5.11. The summed E-state index contributed by atoms with van der Waals surface area (Å²) in [7, 11) is 5.05. The molecule has 1 aliphatic carbocycles. The zero-order chi connectivity index (χ0) is 28.5. The molecule has 0 aliphatic heterocycles. The van der Waals surface area contributed by atoms with Crippen LogP contribution >= 0.6 is 0 Å². The lowest BCUT2D eigenvalue weighted by Crippen LogP contribution is -2.34. The van der Waals surface area contributed by atoms with Crippen LogP contribution in [-0.2, 0) is 14.2 Å². The Morgan fingerprint density at radius 2 is 1.87 bits per heavy atom. The highest BCUT2D eigenvalue weighted by atomic mass is 16.5. The molecule has 1 aromatic rings. The topological polar surface area (TPSA) is 99.4 Å². The first-order valence-electron chi connectivity index (χ1n) is 13.3. The number of methoxy groups -OCH3 is 2. The Labute approximate surface area is 226 Å². The molecule has 2 rings (SSSR count).